The first kappa shape index (κ1) is 17.1. The second-order valence-corrected chi connectivity index (χ2v) is 8.25. The SMILES string of the molecule is NC1CCCN1C(=O)CNC1C[C@@H]2CN(C(=O)N3CCCC3)C[C@@H]2C1. The standard InChI is InChI=1S/C18H31N5O2/c19-16-4-3-7-23(16)17(24)10-20-15-8-13-11-22(12-14(13)9-15)18(25)21-5-1-2-6-21/h13-16,20H,1-12,19H2/t13-,14+,15?,16?. The number of nitrogens with two attached hydrogens (primary N) is 1. The molecule has 3 N–H and O–H groups in total. The van der Waals surface area contributed by atoms with Crippen LogP contribution < -0.4 is 11.1 Å². The summed E-state index contributed by atoms with van der Waals surface area (Å²) in [6.45, 7) is 4.83. The van der Waals surface area contributed by atoms with Gasteiger partial charge in [-0.15, -0.1) is 0 Å². The molecule has 3 heterocycles. The number of fused-ring (bicyclic) bond motifs is 1. The zero-order chi connectivity index (χ0) is 17.4. The molecule has 0 bridgehead atoms. The third-order valence-corrected chi connectivity index (χ3v) is 6.56. The van der Waals surface area contributed by atoms with Crippen LogP contribution in [0.4, 0.5) is 4.79 Å². The number of carbonyl (C=O) groups is 2. The minimum Gasteiger partial charge on any atom is -0.326 e. The molecule has 2 unspecified atom stereocenters. The summed E-state index contributed by atoms with van der Waals surface area (Å²) in [6, 6.07) is 0.649. The molecule has 3 amide bonds. The van der Waals surface area contributed by atoms with Crippen LogP contribution in [0.2, 0.25) is 0 Å². The molecule has 0 spiro atoms. The number of hydrogen-bond acceptors (Lipinski definition) is 4. The van der Waals surface area contributed by atoms with Crippen molar-refractivity contribution in [3.63, 3.8) is 0 Å². The summed E-state index contributed by atoms with van der Waals surface area (Å²) in [4.78, 5) is 30.7. The first-order valence-corrected chi connectivity index (χ1v) is 9.94. The maximum absolute atomic E-state index is 12.5. The molecular formula is C18H31N5O2. The van der Waals surface area contributed by atoms with E-state index in [2.05, 4.69) is 10.2 Å². The highest BCUT2D eigenvalue weighted by atomic mass is 16.2. The lowest BCUT2D eigenvalue weighted by atomic mass is 10.0. The summed E-state index contributed by atoms with van der Waals surface area (Å²) in [6.07, 6.45) is 6.28. The van der Waals surface area contributed by atoms with E-state index in [-0.39, 0.29) is 18.1 Å². The summed E-state index contributed by atoms with van der Waals surface area (Å²) < 4.78 is 0. The molecule has 0 aromatic heterocycles. The molecule has 0 aromatic rings. The van der Waals surface area contributed by atoms with Crippen LogP contribution in [0.5, 0.6) is 0 Å². The van der Waals surface area contributed by atoms with Gasteiger partial charge in [0.1, 0.15) is 0 Å². The number of nitrogens with zero attached hydrogens (tertiary/aromatic N) is 3. The van der Waals surface area contributed by atoms with Crippen molar-refractivity contribution in [2.24, 2.45) is 17.6 Å². The van der Waals surface area contributed by atoms with Crippen LogP contribution in [0.3, 0.4) is 0 Å². The summed E-state index contributed by atoms with van der Waals surface area (Å²) in [5, 5.41) is 3.45. The fraction of sp³-hybridized carbons (Fsp3) is 0.889. The molecule has 0 aromatic carbocycles. The van der Waals surface area contributed by atoms with E-state index in [0.717, 1.165) is 71.2 Å². The summed E-state index contributed by atoms with van der Waals surface area (Å²) in [7, 11) is 0. The van der Waals surface area contributed by atoms with Gasteiger partial charge in [0.05, 0.1) is 12.7 Å². The Morgan fingerprint density at radius 3 is 2.24 bits per heavy atom. The highest BCUT2D eigenvalue weighted by Crippen LogP contribution is 2.38. The maximum Gasteiger partial charge on any atom is 0.320 e. The van der Waals surface area contributed by atoms with Gasteiger partial charge in [0.25, 0.3) is 0 Å². The monoisotopic (exact) mass is 349 g/mol. The Bertz CT molecular complexity index is 508. The minimum atomic E-state index is -0.0950. The smallest absolute Gasteiger partial charge is 0.320 e. The molecule has 7 nitrogen and oxygen atoms in total. The lowest BCUT2D eigenvalue weighted by Crippen LogP contribution is -2.46. The molecule has 0 radical (unpaired) electrons. The Kier molecular flexibility index (Phi) is 4.86. The van der Waals surface area contributed by atoms with E-state index >= 15 is 0 Å². The molecule has 25 heavy (non-hydrogen) atoms. The number of amides is 3. The van der Waals surface area contributed by atoms with Crippen molar-refractivity contribution in [2.75, 3.05) is 39.3 Å². The molecule has 4 fully saturated rings. The Morgan fingerprint density at radius 2 is 1.64 bits per heavy atom. The zero-order valence-corrected chi connectivity index (χ0v) is 15.0. The average Bonchev–Trinajstić information content (AvgIpc) is 3.35. The second kappa shape index (κ2) is 7.11. The number of likely N-dealkylation sites (tertiary alicyclic amines) is 3. The Balaban J connectivity index is 1.21. The van der Waals surface area contributed by atoms with Gasteiger partial charge >= 0.3 is 6.03 Å². The van der Waals surface area contributed by atoms with E-state index < -0.39 is 0 Å². The lowest BCUT2D eigenvalue weighted by molar-refractivity contribution is -0.131. The minimum absolute atomic E-state index is 0.0950. The summed E-state index contributed by atoms with van der Waals surface area (Å²) in [5.41, 5.74) is 5.97. The molecule has 140 valence electrons. The van der Waals surface area contributed by atoms with Crippen LogP contribution in [0.25, 0.3) is 0 Å². The van der Waals surface area contributed by atoms with Crippen LogP contribution in [0.1, 0.15) is 38.5 Å². The van der Waals surface area contributed by atoms with Crippen LogP contribution in [-0.4, -0.2) is 78.1 Å². The Morgan fingerprint density at radius 1 is 0.960 bits per heavy atom. The topological polar surface area (TPSA) is 81.9 Å². The third kappa shape index (κ3) is 3.49. The molecule has 4 atom stereocenters. The molecule has 4 rings (SSSR count). The Hall–Kier alpha value is -1.34. The molecule has 1 saturated carbocycles. The highest BCUT2D eigenvalue weighted by molar-refractivity contribution is 5.78. The van der Waals surface area contributed by atoms with Crippen molar-refractivity contribution < 1.29 is 9.59 Å². The van der Waals surface area contributed by atoms with Crippen molar-refractivity contribution in [3.8, 4) is 0 Å². The second-order valence-electron chi connectivity index (χ2n) is 8.25. The number of hydrogen-bond donors (Lipinski definition) is 2. The molecule has 4 aliphatic rings. The quantitative estimate of drug-likeness (QED) is 0.773. The fourth-order valence-electron chi connectivity index (χ4n) is 5.17. The van der Waals surface area contributed by atoms with Gasteiger partial charge in [0, 0.05) is 38.8 Å². The highest BCUT2D eigenvalue weighted by Gasteiger charge is 2.43. The number of nitrogens with one attached hydrogen (secondary N) is 1. The summed E-state index contributed by atoms with van der Waals surface area (Å²) >= 11 is 0. The van der Waals surface area contributed by atoms with Crippen molar-refractivity contribution in [1.82, 2.24) is 20.0 Å². The van der Waals surface area contributed by atoms with E-state index in [1.54, 1.807) is 4.90 Å². The molecular weight excluding hydrogens is 318 g/mol. The molecule has 1 aliphatic carbocycles. The van der Waals surface area contributed by atoms with Crippen molar-refractivity contribution in [1.29, 1.82) is 0 Å². The van der Waals surface area contributed by atoms with Gasteiger partial charge < -0.3 is 25.8 Å². The van der Waals surface area contributed by atoms with E-state index in [1.165, 1.54) is 0 Å². The number of rotatable bonds is 3. The van der Waals surface area contributed by atoms with Gasteiger partial charge in [0.2, 0.25) is 5.91 Å². The Labute approximate surface area is 149 Å². The third-order valence-electron chi connectivity index (χ3n) is 6.56. The van der Waals surface area contributed by atoms with Crippen LogP contribution in [0, 0.1) is 11.8 Å². The largest absolute Gasteiger partial charge is 0.326 e. The van der Waals surface area contributed by atoms with Crippen molar-refractivity contribution in [2.45, 2.75) is 50.7 Å². The lowest BCUT2D eigenvalue weighted by Gasteiger charge is -2.26. The van der Waals surface area contributed by atoms with Gasteiger partial charge in [-0.05, 0) is 50.4 Å². The fourth-order valence-corrected chi connectivity index (χ4v) is 5.17. The predicted molar refractivity (Wildman–Crippen MR) is 94.7 cm³/mol. The first-order valence-electron chi connectivity index (χ1n) is 9.94. The van der Waals surface area contributed by atoms with Crippen molar-refractivity contribution >= 4 is 11.9 Å². The van der Waals surface area contributed by atoms with E-state index in [4.69, 9.17) is 5.73 Å². The average molecular weight is 349 g/mol. The number of carbonyl (C=O) groups excluding carboxylic acids is 2. The zero-order valence-electron chi connectivity index (χ0n) is 15.0. The van der Waals surface area contributed by atoms with E-state index in [1.807, 2.05) is 4.90 Å². The van der Waals surface area contributed by atoms with Gasteiger partial charge in [-0.2, -0.15) is 0 Å². The molecule has 3 saturated heterocycles. The van der Waals surface area contributed by atoms with Gasteiger partial charge in [-0.25, -0.2) is 4.79 Å². The van der Waals surface area contributed by atoms with E-state index in [0.29, 0.717) is 24.4 Å². The normalized spacial score (nSPS) is 34.8. The number of urea groups is 1. The molecule has 3 aliphatic heterocycles. The van der Waals surface area contributed by atoms with Gasteiger partial charge in [-0.3, -0.25) is 4.79 Å². The van der Waals surface area contributed by atoms with Gasteiger partial charge in [-0.1, -0.05) is 0 Å². The first-order chi connectivity index (χ1) is 12.1. The van der Waals surface area contributed by atoms with E-state index in [9.17, 15) is 9.59 Å². The van der Waals surface area contributed by atoms with Crippen LogP contribution >= 0.6 is 0 Å². The van der Waals surface area contributed by atoms with Crippen LogP contribution in [-0.2, 0) is 4.79 Å². The predicted octanol–water partition coefficient (Wildman–Crippen LogP) is 0.409. The van der Waals surface area contributed by atoms with Crippen LogP contribution in [0.15, 0.2) is 0 Å². The van der Waals surface area contributed by atoms with Crippen molar-refractivity contribution in [3.05, 3.63) is 0 Å². The summed E-state index contributed by atoms with van der Waals surface area (Å²) in [5.74, 6) is 1.31. The maximum atomic E-state index is 12.5. The molecule has 7 heteroatoms. The van der Waals surface area contributed by atoms with Gasteiger partial charge in [0.15, 0.2) is 0 Å².